The Bertz CT molecular complexity index is 434. The standard InChI is InChI=1S/C12H14F3NO2/c13-12(14,15)11-9(4-1-5-10(11)18)16-6-2-3-8(16)7-17/h1,4-5,8,17-18H,2-3,6-7H2. The van der Waals surface area contributed by atoms with E-state index in [1.807, 2.05) is 0 Å². The van der Waals surface area contributed by atoms with Gasteiger partial charge in [0.2, 0.25) is 0 Å². The minimum atomic E-state index is -4.61. The van der Waals surface area contributed by atoms with Crippen LogP contribution in [-0.2, 0) is 6.18 Å². The third-order valence-corrected chi connectivity index (χ3v) is 3.20. The Balaban J connectivity index is 2.47. The van der Waals surface area contributed by atoms with Crippen LogP contribution in [0.4, 0.5) is 18.9 Å². The lowest BCUT2D eigenvalue weighted by Gasteiger charge is -2.28. The lowest BCUT2D eigenvalue weighted by atomic mass is 10.1. The van der Waals surface area contributed by atoms with Gasteiger partial charge >= 0.3 is 6.18 Å². The summed E-state index contributed by atoms with van der Waals surface area (Å²) in [5.41, 5.74) is -1.08. The fourth-order valence-electron chi connectivity index (χ4n) is 2.40. The Morgan fingerprint density at radius 1 is 1.33 bits per heavy atom. The number of aromatic hydroxyl groups is 1. The van der Waals surface area contributed by atoms with Crippen LogP contribution in [0.1, 0.15) is 18.4 Å². The Hall–Kier alpha value is -1.43. The number of aliphatic hydroxyl groups is 1. The highest BCUT2D eigenvalue weighted by atomic mass is 19.4. The molecule has 1 atom stereocenters. The predicted octanol–water partition coefficient (Wildman–Crippen LogP) is 2.37. The van der Waals surface area contributed by atoms with Gasteiger partial charge in [0, 0.05) is 6.54 Å². The van der Waals surface area contributed by atoms with E-state index in [0.29, 0.717) is 13.0 Å². The van der Waals surface area contributed by atoms with Crippen LogP contribution in [-0.4, -0.2) is 29.4 Å². The second kappa shape index (κ2) is 4.68. The van der Waals surface area contributed by atoms with Gasteiger partial charge in [-0.2, -0.15) is 13.2 Å². The normalized spacial score (nSPS) is 20.4. The fraction of sp³-hybridized carbons (Fsp3) is 0.500. The number of anilines is 1. The van der Waals surface area contributed by atoms with Crippen molar-refractivity contribution in [1.82, 2.24) is 0 Å². The molecule has 1 aromatic carbocycles. The van der Waals surface area contributed by atoms with Crippen molar-refractivity contribution in [2.45, 2.75) is 25.1 Å². The maximum absolute atomic E-state index is 12.9. The van der Waals surface area contributed by atoms with Crippen LogP contribution in [0.2, 0.25) is 0 Å². The highest BCUT2D eigenvalue weighted by Gasteiger charge is 2.39. The van der Waals surface area contributed by atoms with E-state index in [4.69, 9.17) is 0 Å². The molecule has 0 aliphatic carbocycles. The van der Waals surface area contributed by atoms with E-state index in [0.717, 1.165) is 12.5 Å². The van der Waals surface area contributed by atoms with Gasteiger partial charge < -0.3 is 15.1 Å². The summed E-state index contributed by atoms with van der Waals surface area (Å²) >= 11 is 0. The lowest BCUT2D eigenvalue weighted by Crippen LogP contribution is -2.33. The quantitative estimate of drug-likeness (QED) is 0.859. The van der Waals surface area contributed by atoms with Crippen molar-refractivity contribution >= 4 is 5.69 Å². The number of alkyl halides is 3. The van der Waals surface area contributed by atoms with E-state index in [9.17, 15) is 23.4 Å². The topological polar surface area (TPSA) is 43.7 Å². The zero-order valence-corrected chi connectivity index (χ0v) is 9.61. The maximum Gasteiger partial charge on any atom is 0.421 e. The number of benzene rings is 1. The highest BCUT2D eigenvalue weighted by Crippen LogP contribution is 2.43. The van der Waals surface area contributed by atoms with E-state index in [-0.39, 0.29) is 18.3 Å². The van der Waals surface area contributed by atoms with Gasteiger partial charge in [-0.25, -0.2) is 0 Å². The van der Waals surface area contributed by atoms with Crippen LogP contribution in [0.15, 0.2) is 18.2 Å². The van der Waals surface area contributed by atoms with Gasteiger partial charge in [0.15, 0.2) is 0 Å². The van der Waals surface area contributed by atoms with Gasteiger partial charge in [0.25, 0.3) is 0 Å². The Labute approximate surface area is 102 Å². The summed E-state index contributed by atoms with van der Waals surface area (Å²) in [6, 6.07) is 3.42. The second-order valence-electron chi connectivity index (χ2n) is 4.34. The summed E-state index contributed by atoms with van der Waals surface area (Å²) in [4.78, 5) is 1.52. The summed E-state index contributed by atoms with van der Waals surface area (Å²) in [6.45, 7) is 0.269. The maximum atomic E-state index is 12.9. The van der Waals surface area contributed by atoms with Gasteiger partial charge in [0.05, 0.1) is 18.3 Å². The van der Waals surface area contributed by atoms with Gasteiger partial charge in [-0.15, -0.1) is 0 Å². The Kier molecular flexibility index (Phi) is 3.38. The Morgan fingerprint density at radius 3 is 2.67 bits per heavy atom. The summed E-state index contributed by atoms with van der Waals surface area (Å²) in [7, 11) is 0. The van der Waals surface area contributed by atoms with Crippen LogP contribution >= 0.6 is 0 Å². The molecule has 1 unspecified atom stereocenters. The van der Waals surface area contributed by atoms with Crippen LogP contribution < -0.4 is 4.90 Å². The molecular weight excluding hydrogens is 247 g/mol. The first kappa shape index (κ1) is 13.0. The SMILES string of the molecule is OCC1CCCN1c1cccc(O)c1C(F)(F)F. The molecule has 18 heavy (non-hydrogen) atoms. The first-order valence-electron chi connectivity index (χ1n) is 5.72. The molecule has 0 aromatic heterocycles. The summed E-state index contributed by atoms with van der Waals surface area (Å²) < 4.78 is 38.8. The van der Waals surface area contributed by atoms with Crippen LogP contribution in [0, 0.1) is 0 Å². The first-order valence-corrected chi connectivity index (χ1v) is 5.72. The zero-order chi connectivity index (χ0) is 13.3. The van der Waals surface area contributed by atoms with Crippen molar-refractivity contribution in [1.29, 1.82) is 0 Å². The third kappa shape index (κ3) is 2.25. The minimum absolute atomic E-state index is 0.0564. The van der Waals surface area contributed by atoms with E-state index < -0.39 is 17.5 Å². The molecule has 3 nitrogen and oxygen atoms in total. The molecule has 0 amide bonds. The predicted molar refractivity (Wildman–Crippen MR) is 60.6 cm³/mol. The van der Waals surface area contributed by atoms with Gasteiger partial charge in [-0.3, -0.25) is 0 Å². The molecule has 6 heteroatoms. The van der Waals surface area contributed by atoms with Crippen molar-refractivity contribution in [3.05, 3.63) is 23.8 Å². The van der Waals surface area contributed by atoms with Crippen molar-refractivity contribution in [3.8, 4) is 5.75 Å². The molecular formula is C12H14F3NO2. The van der Waals surface area contributed by atoms with Gasteiger partial charge in [-0.05, 0) is 25.0 Å². The van der Waals surface area contributed by atoms with Crippen molar-refractivity contribution in [3.63, 3.8) is 0 Å². The fourth-order valence-corrected chi connectivity index (χ4v) is 2.40. The number of phenols is 1. The molecule has 100 valence electrons. The summed E-state index contributed by atoms with van der Waals surface area (Å²) in [5.74, 6) is -0.774. The van der Waals surface area contributed by atoms with Crippen molar-refractivity contribution in [2.75, 3.05) is 18.1 Å². The Morgan fingerprint density at radius 2 is 2.06 bits per heavy atom. The molecule has 2 rings (SSSR count). The molecule has 1 heterocycles. The average molecular weight is 261 g/mol. The number of rotatable bonds is 2. The zero-order valence-electron chi connectivity index (χ0n) is 9.61. The molecule has 1 aliphatic rings. The molecule has 1 aliphatic heterocycles. The summed E-state index contributed by atoms with van der Waals surface area (Å²) in [5, 5.41) is 18.6. The van der Waals surface area contributed by atoms with E-state index in [2.05, 4.69) is 0 Å². The minimum Gasteiger partial charge on any atom is -0.507 e. The number of nitrogens with zero attached hydrogens (tertiary/aromatic N) is 1. The van der Waals surface area contributed by atoms with Gasteiger partial charge in [0.1, 0.15) is 11.3 Å². The van der Waals surface area contributed by atoms with Crippen LogP contribution in [0.3, 0.4) is 0 Å². The molecule has 0 bridgehead atoms. The molecule has 1 aromatic rings. The average Bonchev–Trinajstić information content (AvgIpc) is 2.74. The van der Waals surface area contributed by atoms with Gasteiger partial charge in [-0.1, -0.05) is 6.07 Å². The smallest absolute Gasteiger partial charge is 0.421 e. The molecule has 2 N–H and O–H groups in total. The molecule has 0 saturated carbocycles. The number of halogens is 3. The number of aliphatic hydroxyl groups excluding tert-OH is 1. The second-order valence-corrected chi connectivity index (χ2v) is 4.34. The van der Waals surface area contributed by atoms with E-state index >= 15 is 0 Å². The third-order valence-electron chi connectivity index (χ3n) is 3.20. The summed E-state index contributed by atoms with van der Waals surface area (Å²) in [6.07, 6.45) is -3.22. The van der Waals surface area contributed by atoms with Crippen molar-refractivity contribution < 1.29 is 23.4 Å². The number of hydrogen-bond acceptors (Lipinski definition) is 3. The van der Waals surface area contributed by atoms with E-state index in [1.54, 1.807) is 0 Å². The van der Waals surface area contributed by atoms with Crippen molar-refractivity contribution in [2.24, 2.45) is 0 Å². The van der Waals surface area contributed by atoms with Crippen LogP contribution in [0.5, 0.6) is 5.75 Å². The number of phenolic OH excluding ortho intramolecular Hbond substituents is 1. The molecule has 0 radical (unpaired) electrons. The lowest BCUT2D eigenvalue weighted by molar-refractivity contribution is -0.138. The first-order chi connectivity index (χ1) is 8.45. The largest absolute Gasteiger partial charge is 0.507 e. The molecule has 1 saturated heterocycles. The monoisotopic (exact) mass is 261 g/mol. The van der Waals surface area contributed by atoms with Crippen LogP contribution in [0.25, 0.3) is 0 Å². The van der Waals surface area contributed by atoms with E-state index in [1.165, 1.54) is 17.0 Å². The molecule has 0 spiro atoms. The highest BCUT2D eigenvalue weighted by molar-refractivity contribution is 5.61. The molecule has 1 fully saturated rings. The number of hydrogen-bond donors (Lipinski definition) is 2.